The summed E-state index contributed by atoms with van der Waals surface area (Å²) in [6, 6.07) is 5.59. The molecule has 1 heterocycles. The number of nitrogens with zero attached hydrogens (tertiary/aromatic N) is 1. The van der Waals surface area contributed by atoms with Crippen LogP contribution >= 0.6 is 0 Å². The quantitative estimate of drug-likeness (QED) is 0.504. The molecule has 1 aliphatic heterocycles. The number of carbonyl (C=O) groups is 1. The number of amides is 1. The molecule has 2 aliphatic rings. The van der Waals surface area contributed by atoms with Gasteiger partial charge < -0.3 is 19.7 Å². The van der Waals surface area contributed by atoms with E-state index in [-0.39, 0.29) is 24.8 Å². The number of ether oxygens (including phenoxy) is 2. The van der Waals surface area contributed by atoms with Gasteiger partial charge >= 0.3 is 12.3 Å². The summed E-state index contributed by atoms with van der Waals surface area (Å²) in [5, 5.41) is 3.00. The molecule has 192 valence electrons. The van der Waals surface area contributed by atoms with E-state index in [1.807, 2.05) is 20.8 Å². The molecule has 0 aromatic heterocycles. The summed E-state index contributed by atoms with van der Waals surface area (Å²) < 4.78 is 49.9. The first-order valence-electron chi connectivity index (χ1n) is 12.5. The van der Waals surface area contributed by atoms with Gasteiger partial charge in [-0.25, -0.2) is 4.79 Å². The van der Waals surface area contributed by atoms with E-state index in [0.717, 1.165) is 70.6 Å². The van der Waals surface area contributed by atoms with Gasteiger partial charge in [-0.3, -0.25) is 0 Å². The number of alkyl carbamates (subject to hydrolysis) is 1. The SMILES string of the molecule is CC(C)(C)OC(=O)N[C@H]1CC[C@H](CCN2CCC(OCc3cccc(C(F)(F)F)c3)CC2)CC1. The van der Waals surface area contributed by atoms with E-state index in [0.29, 0.717) is 11.5 Å². The number of hydrogen-bond donors (Lipinski definition) is 1. The van der Waals surface area contributed by atoms with Gasteiger partial charge in [0.15, 0.2) is 0 Å². The largest absolute Gasteiger partial charge is 0.444 e. The minimum absolute atomic E-state index is 0.0974. The predicted molar refractivity (Wildman–Crippen MR) is 125 cm³/mol. The highest BCUT2D eigenvalue weighted by Crippen LogP contribution is 2.30. The molecule has 0 atom stereocenters. The molecule has 1 N–H and O–H groups in total. The van der Waals surface area contributed by atoms with Crippen molar-refractivity contribution >= 4 is 6.09 Å². The molecule has 0 radical (unpaired) electrons. The third-order valence-corrected chi connectivity index (χ3v) is 6.70. The number of halogens is 3. The fourth-order valence-electron chi connectivity index (χ4n) is 4.79. The van der Waals surface area contributed by atoms with Crippen molar-refractivity contribution in [3.05, 3.63) is 35.4 Å². The molecule has 1 saturated heterocycles. The van der Waals surface area contributed by atoms with Crippen LogP contribution in [0.2, 0.25) is 0 Å². The number of carbonyl (C=O) groups excluding carboxylic acids is 1. The highest BCUT2D eigenvalue weighted by Gasteiger charge is 2.30. The van der Waals surface area contributed by atoms with Crippen molar-refractivity contribution in [2.45, 2.75) is 96.2 Å². The standard InChI is InChI=1S/C26H39F3N2O3/c1-25(2,3)34-24(32)30-22-9-7-19(8-10-22)11-14-31-15-12-23(13-16-31)33-18-20-5-4-6-21(17-20)26(27,28)29/h4-6,17,19,22-23H,7-16,18H2,1-3H3,(H,30,32)/t19-,22-. The normalized spacial score (nSPS) is 23.0. The lowest BCUT2D eigenvalue weighted by atomic mass is 9.84. The summed E-state index contributed by atoms with van der Waals surface area (Å²) in [7, 11) is 0. The van der Waals surface area contributed by atoms with Crippen LogP contribution < -0.4 is 5.32 Å². The number of likely N-dealkylation sites (tertiary alicyclic amines) is 1. The average molecular weight is 485 g/mol. The van der Waals surface area contributed by atoms with Crippen molar-refractivity contribution in [2.75, 3.05) is 19.6 Å². The summed E-state index contributed by atoms with van der Waals surface area (Å²) in [6.45, 7) is 8.81. The topological polar surface area (TPSA) is 50.8 Å². The second-order valence-corrected chi connectivity index (χ2v) is 10.7. The molecule has 8 heteroatoms. The van der Waals surface area contributed by atoms with Crippen LogP contribution in [-0.2, 0) is 22.3 Å². The van der Waals surface area contributed by atoms with Crippen LogP contribution in [0.25, 0.3) is 0 Å². The summed E-state index contributed by atoms with van der Waals surface area (Å²) in [4.78, 5) is 14.4. The number of rotatable bonds is 7. The zero-order valence-corrected chi connectivity index (χ0v) is 20.6. The molecular weight excluding hydrogens is 445 g/mol. The van der Waals surface area contributed by atoms with Crippen molar-refractivity contribution in [3.8, 4) is 0 Å². The molecule has 1 saturated carbocycles. The highest BCUT2D eigenvalue weighted by molar-refractivity contribution is 5.68. The maximum atomic E-state index is 12.9. The maximum Gasteiger partial charge on any atom is 0.416 e. The Balaban J connectivity index is 1.29. The fraction of sp³-hybridized carbons (Fsp3) is 0.731. The lowest BCUT2D eigenvalue weighted by molar-refractivity contribution is -0.137. The van der Waals surface area contributed by atoms with Crippen molar-refractivity contribution < 1.29 is 27.4 Å². The van der Waals surface area contributed by atoms with Gasteiger partial charge in [0.2, 0.25) is 0 Å². The van der Waals surface area contributed by atoms with E-state index in [9.17, 15) is 18.0 Å². The summed E-state index contributed by atoms with van der Waals surface area (Å²) in [6.07, 6.45) is 2.66. The number of piperidine rings is 1. The van der Waals surface area contributed by atoms with Crippen molar-refractivity contribution in [1.82, 2.24) is 10.2 Å². The van der Waals surface area contributed by atoms with Crippen LogP contribution in [0.4, 0.5) is 18.0 Å². The van der Waals surface area contributed by atoms with Crippen LogP contribution in [0.15, 0.2) is 24.3 Å². The van der Waals surface area contributed by atoms with Crippen LogP contribution in [0.3, 0.4) is 0 Å². The molecule has 1 amide bonds. The Kier molecular flexibility index (Phi) is 9.27. The molecule has 1 aromatic rings. The summed E-state index contributed by atoms with van der Waals surface area (Å²) in [5.41, 5.74) is -0.537. The lowest BCUT2D eigenvalue weighted by Gasteiger charge is -2.34. The van der Waals surface area contributed by atoms with Gasteiger partial charge in [0, 0.05) is 19.1 Å². The highest BCUT2D eigenvalue weighted by atomic mass is 19.4. The second kappa shape index (κ2) is 11.8. The first-order chi connectivity index (χ1) is 16.0. The molecule has 1 aromatic carbocycles. The molecule has 5 nitrogen and oxygen atoms in total. The maximum absolute atomic E-state index is 12.9. The minimum atomic E-state index is -4.32. The van der Waals surface area contributed by atoms with Gasteiger partial charge in [-0.05, 0) is 95.9 Å². The number of alkyl halides is 3. The monoisotopic (exact) mass is 484 g/mol. The molecule has 0 unspecified atom stereocenters. The van der Waals surface area contributed by atoms with E-state index in [1.165, 1.54) is 12.1 Å². The number of hydrogen-bond acceptors (Lipinski definition) is 4. The van der Waals surface area contributed by atoms with Crippen LogP contribution in [-0.4, -0.2) is 48.4 Å². The van der Waals surface area contributed by atoms with Crippen LogP contribution in [0, 0.1) is 5.92 Å². The molecular formula is C26H39F3N2O3. The fourth-order valence-corrected chi connectivity index (χ4v) is 4.79. The Morgan fingerprint density at radius 1 is 1.06 bits per heavy atom. The lowest BCUT2D eigenvalue weighted by Crippen LogP contribution is -2.41. The molecule has 3 rings (SSSR count). The Hall–Kier alpha value is -1.80. The van der Waals surface area contributed by atoms with Gasteiger partial charge in [-0.1, -0.05) is 12.1 Å². The third kappa shape index (κ3) is 9.10. The van der Waals surface area contributed by atoms with Gasteiger partial charge in [0.25, 0.3) is 0 Å². The van der Waals surface area contributed by atoms with E-state index < -0.39 is 17.3 Å². The van der Waals surface area contributed by atoms with Gasteiger partial charge in [0.05, 0.1) is 18.3 Å². The molecule has 0 spiro atoms. The Labute approximate surface area is 201 Å². The molecule has 2 fully saturated rings. The average Bonchev–Trinajstić information content (AvgIpc) is 2.76. The minimum Gasteiger partial charge on any atom is -0.444 e. The van der Waals surface area contributed by atoms with Crippen LogP contribution in [0.1, 0.15) is 76.8 Å². The molecule has 34 heavy (non-hydrogen) atoms. The smallest absolute Gasteiger partial charge is 0.416 e. The zero-order valence-electron chi connectivity index (χ0n) is 20.6. The first-order valence-corrected chi connectivity index (χ1v) is 12.5. The Morgan fingerprint density at radius 2 is 1.74 bits per heavy atom. The zero-order chi connectivity index (χ0) is 24.8. The molecule has 0 bridgehead atoms. The van der Waals surface area contributed by atoms with E-state index in [2.05, 4.69) is 10.2 Å². The van der Waals surface area contributed by atoms with E-state index >= 15 is 0 Å². The van der Waals surface area contributed by atoms with Gasteiger partial charge in [-0.15, -0.1) is 0 Å². The number of nitrogens with one attached hydrogen (secondary N) is 1. The predicted octanol–water partition coefficient (Wildman–Crippen LogP) is 6.16. The van der Waals surface area contributed by atoms with E-state index in [1.54, 1.807) is 6.07 Å². The van der Waals surface area contributed by atoms with E-state index in [4.69, 9.17) is 9.47 Å². The first kappa shape index (κ1) is 26.8. The second-order valence-electron chi connectivity index (χ2n) is 10.7. The number of benzene rings is 1. The third-order valence-electron chi connectivity index (χ3n) is 6.70. The summed E-state index contributed by atoms with van der Waals surface area (Å²) in [5.74, 6) is 0.687. The summed E-state index contributed by atoms with van der Waals surface area (Å²) >= 11 is 0. The van der Waals surface area contributed by atoms with Gasteiger partial charge in [0.1, 0.15) is 5.60 Å². The molecule has 1 aliphatic carbocycles. The Morgan fingerprint density at radius 3 is 2.35 bits per heavy atom. The van der Waals surface area contributed by atoms with Crippen molar-refractivity contribution in [2.24, 2.45) is 5.92 Å². The van der Waals surface area contributed by atoms with Crippen molar-refractivity contribution in [1.29, 1.82) is 0 Å². The van der Waals surface area contributed by atoms with Gasteiger partial charge in [-0.2, -0.15) is 13.2 Å². The van der Waals surface area contributed by atoms with Crippen molar-refractivity contribution in [3.63, 3.8) is 0 Å². The Bertz CT molecular complexity index is 778. The van der Waals surface area contributed by atoms with Crippen LogP contribution in [0.5, 0.6) is 0 Å².